The van der Waals surface area contributed by atoms with Gasteiger partial charge in [-0.2, -0.15) is 11.8 Å². The molecule has 0 aromatic rings. The maximum Gasteiger partial charge on any atom is 0.333 e. The van der Waals surface area contributed by atoms with Gasteiger partial charge in [-0.1, -0.05) is 6.08 Å². The molecule has 13 heavy (non-hydrogen) atoms. The molecular formula is C9H16O3S. The number of ether oxygens (including phenoxy) is 2. The second kappa shape index (κ2) is 8.13. The Morgan fingerprint density at radius 2 is 2.15 bits per heavy atom. The van der Waals surface area contributed by atoms with E-state index < -0.39 is 0 Å². The Labute approximate surface area is 83.5 Å². The molecule has 0 unspecified atom stereocenters. The quantitative estimate of drug-likeness (QED) is 0.373. The standard InChI is InChI=1S/C9H16O3S/c1-8(9(10)12-3)4-6-13-7-5-11-2/h4H,5-7H2,1-3H3. The molecule has 0 saturated carbocycles. The van der Waals surface area contributed by atoms with Crippen molar-refractivity contribution in [2.45, 2.75) is 6.92 Å². The van der Waals surface area contributed by atoms with Crippen molar-refractivity contribution in [1.82, 2.24) is 0 Å². The van der Waals surface area contributed by atoms with Gasteiger partial charge in [-0.25, -0.2) is 4.79 Å². The molecule has 0 rings (SSSR count). The first-order valence-corrected chi connectivity index (χ1v) is 5.19. The minimum absolute atomic E-state index is 0.257. The molecule has 0 aliphatic heterocycles. The highest BCUT2D eigenvalue weighted by Crippen LogP contribution is 2.03. The van der Waals surface area contributed by atoms with Crippen LogP contribution in [0.1, 0.15) is 6.92 Å². The summed E-state index contributed by atoms with van der Waals surface area (Å²) in [5, 5.41) is 0. The van der Waals surface area contributed by atoms with Crippen LogP contribution in [0.2, 0.25) is 0 Å². The Bertz CT molecular complexity index is 178. The van der Waals surface area contributed by atoms with Gasteiger partial charge in [0.25, 0.3) is 0 Å². The molecule has 0 radical (unpaired) electrons. The highest BCUT2D eigenvalue weighted by atomic mass is 32.2. The molecule has 0 heterocycles. The number of hydrogen-bond donors (Lipinski definition) is 0. The van der Waals surface area contributed by atoms with Gasteiger partial charge in [0.1, 0.15) is 0 Å². The Morgan fingerprint density at radius 3 is 2.69 bits per heavy atom. The number of carbonyl (C=O) groups excluding carboxylic acids is 1. The normalized spacial score (nSPS) is 11.5. The first kappa shape index (κ1) is 12.5. The van der Waals surface area contributed by atoms with E-state index in [0.29, 0.717) is 5.57 Å². The Hall–Kier alpha value is -0.480. The van der Waals surface area contributed by atoms with E-state index in [1.807, 2.05) is 6.08 Å². The summed E-state index contributed by atoms with van der Waals surface area (Å²) in [5.74, 6) is 1.51. The maximum atomic E-state index is 10.9. The van der Waals surface area contributed by atoms with E-state index in [2.05, 4.69) is 4.74 Å². The van der Waals surface area contributed by atoms with E-state index in [1.165, 1.54) is 7.11 Å². The molecule has 3 nitrogen and oxygen atoms in total. The number of esters is 1. The fourth-order valence-corrected chi connectivity index (χ4v) is 1.47. The van der Waals surface area contributed by atoms with Crippen molar-refractivity contribution in [3.05, 3.63) is 11.6 Å². The second-order valence-electron chi connectivity index (χ2n) is 2.45. The zero-order chi connectivity index (χ0) is 10.1. The minimum Gasteiger partial charge on any atom is -0.466 e. The topological polar surface area (TPSA) is 35.5 Å². The molecule has 0 aromatic heterocycles. The van der Waals surface area contributed by atoms with Crippen LogP contribution in [-0.2, 0) is 14.3 Å². The summed E-state index contributed by atoms with van der Waals surface area (Å²) in [5.41, 5.74) is 0.660. The van der Waals surface area contributed by atoms with Crippen molar-refractivity contribution in [3.63, 3.8) is 0 Å². The summed E-state index contributed by atoms with van der Waals surface area (Å²) in [6.07, 6.45) is 1.87. The smallest absolute Gasteiger partial charge is 0.333 e. The van der Waals surface area contributed by atoms with Gasteiger partial charge in [0.15, 0.2) is 0 Å². The summed E-state index contributed by atoms with van der Waals surface area (Å²) < 4.78 is 9.43. The van der Waals surface area contributed by atoms with Crippen LogP contribution in [-0.4, -0.2) is 38.3 Å². The SMILES string of the molecule is COCCSCC=C(C)C(=O)OC. The van der Waals surface area contributed by atoms with Gasteiger partial charge in [0.2, 0.25) is 0 Å². The van der Waals surface area contributed by atoms with Crippen LogP contribution in [0, 0.1) is 0 Å². The second-order valence-corrected chi connectivity index (χ2v) is 3.60. The third-order valence-electron chi connectivity index (χ3n) is 1.45. The van der Waals surface area contributed by atoms with Gasteiger partial charge in [-0.3, -0.25) is 0 Å². The van der Waals surface area contributed by atoms with E-state index in [-0.39, 0.29) is 5.97 Å². The number of thioether (sulfide) groups is 1. The van der Waals surface area contributed by atoms with Crippen LogP contribution in [0.25, 0.3) is 0 Å². The van der Waals surface area contributed by atoms with Gasteiger partial charge in [-0.15, -0.1) is 0 Å². The molecule has 76 valence electrons. The van der Waals surface area contributed by atoms with Crippen LogP contribution in [0.5, 0.6) is 0 Å². The zero-order valence-electron chi connectivity index (χ0n) is 8.33. The first-order valence-electron chi connectivity index (χ1n) is 4.04. The average Bonchev–Trinajstić information content (AvgIpc) is 2.16. The third kappa shape index (κ3) is 6.66. The fraction of sp³-hybridized carbons (Fsp3) is 0.667. The molecule has 4 heteroatoms. The molecule has 0 fully saturated rings. The van der Waals surface area contributed by atoms with Gasteiger partial charge in [-0.05, 0) is 6.92 Å². The molecule has 0 aliphatic carbocycles. The molecule has 0 spiro atoms. The number of carbonyl (C=O) groups is 1. The van der Waals surface area contributed by atoms with E-state index in [0.717, 1.165) is 18.1 Å². The largest absolute Gasteiger partial charge is 0.466 e. The Balaban J connectivity index is 3.53. The molecule has 0 aromatic carbocycles. The molecule has 0 saturated heterocycles. The zero-order valence-corrected chi connectivity index (χ0v) is 9.15. The van der Waals surface area contributed by atoms with Crippen LogP contribution in [0.3, 0.4) is 0 Å². The van der Waals surface area contributed by atoms with Gasteiger partial charge < -0.3 is 9.47 Å². The summed E-state index contributed by atoms with van der Waals surface area (Å²) in [4.78, 5) is 10.9. The highest BCUT2D eigenvalue weighted by Gasteiger charge is 2.00. The van der Waals surface area contributed by atoms with Crippen LogP contribution in [0.4, 0.5) is 0 Å². The Morgan fingerprint density at radius 1 is 1.46 bits per heavy atom. The number of methoxy groups -OCH3 is 2. The first-order chi connectivity index (χ1) is 6.22. The lowest BCUT2D eigenvalue weighted by Gasteiger charge is -1.99. The van der Waals surface area contributed by atoms with Gasteiger partial charge in [0, 0.05) is 24.2 Å². The van der Waals surface area contributed by atoms with Crippen molar-refractivity contribution < 1.29 is 14.3 Å². The predicted molar refractivity (Wildman–Crippen MR) is 55.0 cm³/mol. The lowest BCUT2D eigenvalue weighted by atomic mass is 10.3. The van der Waals surface area contributed by atoms with E-state index in [1.54, 1.807) is 25.8 Å². The van der Waals surface area contributed by atoms with Crippen LogP contribution in [0.15, 0.2) is 11.6 Å². The number of hydrogen-bond acceptors (Lipinski definition) is 4. The molecule has 0 aliphatic rings. The lowest BCUT2D eigenvalue weighted by molar-refractivity contribution is -0.136. The van der Waals surface area contributed by atoms with Crippen molar-refractivity contribution in [3.8, 4) is 0 Å². The lowest BCUT2D eigenvalue weighted by Crippen LogP contribution is -2.01. The maximum absolute atomic E-state index is 10.9. The molecule has 0 atom stereocenters. The molecule has 0 amide bonds. The van der Waals surface area contributed by atoms with Crippen molar-refractivity contribution in [1.29, 1.82) is 0 Å². The minimum atomic E-state index is -0.257. The van der Waals surface area contributed by atoms with Crippen molar-refractivity contribution in [2.24, 2.45) is 0 Å². The monoisotopic (exact) mass is 204 g/mol. The summed E-state index contributed by atoms with van der Waals surface area (Å²) >= 11 is 1.72. The molecule has 0 N–H and O–H groups in total. The average molecular weight is 204 g/mol. The van der Waals surface area contributed by atoms with Gasteiger partial charge in [0.05, 0.1) is 13.7 Å². The van der Waals surface area contributed by atoms with E-state index in [4.69, 9.17) is 4.74 Å². The van der Waals surface area contributed by atoms with E-state index >= 15 is 0 Å². The van der Waals surface area contributed by atoms with Crippen molar-refractivity contribution in [2.75, 3.05) is 32.3 Å². The molecular weight excluding hydrogens is 188 g/mol. The summed E-state index contributed by atoms with van der Waals surface area (Å²) in [6, 6.07) is 0. The summed E-state index contributed by atoms with van der Waals surface area (Å²) in [7, 11) is 3.06. The van der Waals surface area contributed by atoms with Crippen molar-refractivity contribution >= 4 is 17.7 Å². The highest BCUT2D eigenvalue weighted by molar-refractivity contribution is 7.99. The van der Waals surface area contributed by atoms with Crippen LogP contribution >= 0.6 is 11.8 Å². The predicted octanol–water partition coefficient (Wildman–Crippen LogP) is 1.49. The van der Waals surface area contributed by atoms with E-state index in [9.17, 15) is 4.79 Å². The van der Waals surface area contributed by atoms with Crippen LogP contribution < -0.4 is 0 Å². The number of rotatable bonds is 6. The Kier molecular flexibility index (Phi) is 7.83. The fourth-order valence-electron chi connectivity index (χ4n) is 0.654. The van der Waals surface area contributed by atoms with Gasteiger partial charge >= 0.3 is 5.97 Å². The summed E-state index contributed by atoms with van der Waals surface area (Å²) in [6.45, 7) is 2.50. The third-order valence-corrected chi connectivity index (χ3v) is 2.30. The molecule has 0 bridgehead atoms.